The minimum atomic E-state index is -1.05. The molecule has 0 aliphatic rings. The Bertz CT molecular complexity index is 802. The monoisotopic (exact) mass is 349 g/mol. The zero-order valence-corrected chi connectivity index (χ0v) is 13.7. The minimum Gasteiger partial charge on any atom is -0.481 e. The number of amides is 1. The molecule has 2 N–H and O–H groups in total. The van der Waals surface area contributed by atoms with Gasteiger partial charge in [-0.25, -0.2) is 4.68 Å². The quantitative estimate of drug-likeness (QED) is 0.828. The zero-order valence-electron chi connectivity index (χ0n) is 12.9. The van der Waals surface area contributed by atoms with E-state index in [-0.39, 0.29) is 17.7 Å². The molecule has 1 heterocycles. The smallest absolute Gasteiger partial charge is 0.305 e. The van der Waals surface area contributed by atoms with E-state index in [2.05, 4.69) is 10.4 Å². The average molecular weight is 350 g/mol. The molecule has 1 aromatic heterocycles. The van der Waals surface area contributed by atoms with E-state index in [4.69, 9.17) is 16.7 Å². The van der Waals surface area contributed by atoms with Crippen LogP contribution in [-0.4, -0.2) is 26.8 Å². The van der Waals surface area contributed by atoms with Crippen molar-refractivity contribution in [2.45, 2.75) is 25.9 Å². The Labute approximate surface area is 142 Å². The molecule has 0 aliphatic carbocycles. The van der Waals surface area contributed by atoms with Crippen molar-refractivity contribution in [3.8, 4) is 0 Å². The summed E-state index contributed by atoms with van der Waals surface area (Å²) in [5, 5.41) is 16.2. The van der Waals surface area contributed by atoms with Gasteiger partial charge in [0.15, 0.2) is 0 Å². The molecular formula is C16H16ClN3O4. The molecule has 1 atom stereocenters. The predicted octanol–water partition coefficient (Wildman–Crippen LogP) is 1.86. The van der Waals surface area contributed by atoms with Gasteiger partial charge in [0.05, 0.1) is 12.5 Å². The molecular weight excluding hydrogens is 334 g/mol. The number of halogens is 1. The van der Waals surface area contributed by atoms with Crippen LogP contribution in [0.3, 0.4) is 0 Å². The number of rotatable bonds is 6. The molecule has 8 heteroatoms. The number of hydrogen-bond acceptors (Lipinski definition) is 4. The lowest BCUT2D eigenvalue weighted by molar-refractivity contribution is -0.137. The summed E-state index contributed by atoms with van der Waals surface area (Å²) in [4.78, 5) is 34.9. The van der Waals surface area contributed by atoms with E-state index in [1.165, 1.54) is 12.1 Å². The second-order valence-corrected chi connectivity index (χ2v) is 5.48. The summed E-state index contributed by atoms with van der Waals surface area (Å²) in [6.45, 7) is 2.06. The number of nitrogens with one attached hydrogen (secondary N) is 1. The molecule has 1 amide bonds. The molecule has 0 unspecified atom stereocenters. The highest BCUT2D eigenvalue weighted by molar-refractivity contribution is 6.30. The highest BCUT2D eigenvalue weighted by Crippen LogP contribution is 2.20. The normalized spacial score (nSPS) is 11.8. The van der Waals surface area contributed by atoms with Crippen LogP contribution in [0.25, 0.3) is 0 Å². The summed E-state index contributed by atoms with van der Waals surface area (Å²) in [6, 6.07) is 8.35. The van der Waals surface area contributed by atoms with E-state index in [0.29, 0.717) is 17.1 Å². The van der Waals surface area contributed by atoms with Gasteiger partial charge in [-0.3, -0.25) is 14.4 Å². The highest BCUT2D eigenvalue weighted by Gasteiger charge is 2.20. The molecule has 24 heavy (non-hydrogen) atoms. The number of carbonyl (C=O) groups excluding carboxylic acids is 1. The largest absolute Gasteiger partial charge is 0.481 e. The number of carbonyl (C=O) groups is 2. The van der Waals surface area contributed by atoms with Gasteiger partial charge in [-0.15, -0.1) is 0 Å². The fraction of sp³-hybridized carbons (Fsp3) is 0.250. The Kier molecular flexibility index (Phi) is 5.70. The third-order valence-electron chi connectivity index (χ3n) is 3.36. The van der Waals surface area contributed by atoms with Crippen molar-refractivity contribution in [2.75, 3.05) is 0 Å². The maximum atomic E-state index is 12.3. The SMILES string of the molecule is CCn1nc(C(=O)N[C@H](CC(=O)O)c2ccc(Cl)cc2)ccc1=O. The maximum absolute atomic E-state index is 12.3. The summed E-state index contributed by atoms with van der Waals surface area (Å²) < 4.78 is 1.16. The van der Waals surface area contributed by atoms with Crippen molar-refractivity contribution in [2.24, 2.45) is 0 Å². The van der Waals surface area contributed by atoms with Gasteiger partial charge < -0.3 is 10.4 Å². The number of aliphatic carboxylic acids is 1. The lowest BCUT2D eigenvalue weighted by Crippen LogP contribution is -2.33. The van der Waals surface area contributed by atoms with Crippen LogP contribution in [0.4, 0.5) is 0 Å². The number of carboxylic acids is 1. The third kappa shape index (κ3) is 4.42. The van der Waals surface area contributed by atoms with E-state index in [1.54, 1.807) is 31.2 Å². The van der Waals surface area contributed by atoms with Gasteiger partial charge in [0.2, 0.25) is 0 Å². The topological polar surface area (TPSA) is 101 Å². The van der Waals surface area contributed by atoms with Crippen LogP contribution < -0.4 is 10.9 Å². The Hall–Kier alpha value is -2.67. The van der Waals surface area contributed by atoms with Crippen molar-refractivity contribution in [1.82, 2.24) is 15.1 Å². The fourth-order valence-electron chi connectivity index (χ4n) is 2.15. The van der Waals surface area contributed by atoms with Gasteiger partial charge in [-0.05, 0) is 30.7 Å². The summed E-state index contributed by atoms with van der Waals surface area (Å²) >= 11 is 5.83. The molecule has 0 aliphatic heterocycles. The average Bonchev–Trinajstić information content (AvgIpc) is 2.55. The van der Waals surface area contributed by atoms with E-state index in [1.807, 2.05) is 0 Å². The number of aromatic nitrogens is 2. The first-order chi connectivity index (χ1) is 11.4. The van der Waals surface area contributed by atoms with E-state index in [0.717, 1.165) is 4.68 Å². The first-order valence-electron chi connectivity index (χ1n) is 7.27. The van der Waals surface area contributed by atoms with Crippen LogP contribution in [-0.2, 0) is 11.3 Å². The second kappa shape index (κ2) is 7.74. The molecule has 0 spiro atoms. The Morgan fingerprint density at radius 1 is 1.25 bits per heavy atom. The standard InChI is InChI=1S/C16H16ClN3O4/c1-2-20-14(21)8-7-12(19-20)16(24)18-13(9-15(22)23)10-3-5-11(17)6-4-10/h3-8,13H,2,9H2,1H3,(H,18,24)(H,22,23)/t13-/m1/s1. The van der Waals surface area contributed by atoms with Crippen LogP contribution >= 0.6 is 11.6 Å². The number of carboxylic acid groups (broad SMARTS) is 1. The lowest BCUT2D eigenvalue weighted by atomic mass is 10.0. The summed E-state index contributed by atoms with van der Waals surface area (Å²) in [5.74, 6) is -1.61. The fourth-order valence-corrected chi connectivity index (χ4v) is 2.28. The van der Waals surface area contributed by atoms with Gasteiger partial charge in [0, 0.05) is 17.6 Å². The van der Waals surface area contributed by atoms with Crippen LogP contribution in [0, 0.1) is 0 Å². The molecule has 0 saturated heterocycles. The lowest BCUT2D eigenvalue weighted by Gasteiger charge is -2.17. The summed E-state index contributed by atoms with van der Waals surface area (Å²) in [6.07, 6.45) is -0.291. The first kappa shape index (κ1) is 17.7. The molecule has 7 nitrogen and oxygen atoms in total. The van der Waals surface area contributed by atoms with E-state index >= 15 is 0 Å². The van der Waals surface area contributed by atoms with Gasteiger partial charge in [0.1, 0.15) is 5.69 Å². The van der Waals surface area contributed by atoms with Crippen molar-refractivity contribution < 1.29 is 14.7 Å². The van der Waals surface area contributed by atoms with Crippen LogP contribution in [0.5, 0.6) is 0 Å². The second-order valence-electron chi connectivity index (χ2n) is 5.05. The predicted molar refractivity (Wildman–Crippen MR) is 88.1 cm³/mol. The Morgan fingerprint density at radius 3 is 2.50 bits per heavy atom. The Balaban J connectivity index is 2.25. The van der Waals surface area contributed by atoms with Crippen molar-refractivity contribution in [3.63, 3.8) is 0 Å². The van der Waals surface area contributed by atoms with Crippen molar-refractivity contribution in [1.29, 1.82) is 0 Å². The molecule has 1 aromatic carbocycles. The minimum absolute atomic E-state index is 0.0424. The molecule has 0 radical (unpaired) electrons. The van der Waals surface area contributed by atoms with Crippen molar-refractivity contribution >= 4 is 23.5 Å². The zero-order chi connectivity index (χ0) is 17.7. The van der Waals surface area contributed by atoms with Gasteiger partial charge >= 0.3 is 5.97 Å². The molecule has 2 aromatic rings. The van der Waals surface area contributed by atoms with Crippen LogP contribution in [0.2, 0.25) is 5.02 Å². The van der Waals surface area contributed by atoms with Crippen LogP contribution in [0.15, 0.2) is 41.2 Å². The van der Waals surface area contributed by atoms with Crippen molar-refractivity contribution in [3.05, 3.63) is 63.0 Å². The van der Waals surface area contributed by atoms with Gasteiger partial charge in [-0.2, -0.15) is 5.10 Å². The molecule has 0 fully saturated rings. The number of aryl methyl sites for hydroxylation is 1. The van der Waals surface area contributed by atoms with E-state index < -0.39 is 17.9 Å². The molecule has 0 saturated carbocycles. The number of benzene rings is 1. The first-order valence-corrected chi connectivity index (χ1v) is 7.64. The summed E-state index contributed by atoms with van der Waals surface area (Å²) in [5.41, 5.74) is 0.341. The molecule has 126 valence electrons. The maximum Gasteiger partial charge on any atom is 0.305 e. The number of hydrogen-bond donors (Lipinski definition) is 2. The summed E-state index contributed by atoms with van der Waals surface area (Å²) in [7, 11) is 0. The molecule has 0 bridgehead atoms. The molecule has 2 rings (SSSR count). The Morgan fingerprint density at radius 2 is 1.92 bits per heavy atom. The van der Waals surface area contributed by atoms with Gasteiger partial charge in [0.25, 0.3) is 11.5 Å². The highest BCUT2D eigenvalue weighted by atomic mass is 35.5. The third-order valence-corrected chi connectivity index (χ3v) is 3.61. The van der Waals surface area contributed by atoms with Gasteiger partial charge in [-0.1, -0.05) is 23.7 Å². The van der Waals surface area contributed by atoms with Crippen LogP contribution in [0.1, 0.15) is 35.4 Å². The van der Waals surface area contributed by atoms with E-state index in [9.17, 15) is 14.4 Å². The number of nitrogens with zero attached hydrogens (tertiary/aromatic N) is 2.